The molecule has 4 atom stereocenters. The Bertz CT molecular complexity index is 184. The van der Waals surface area contributed by atoms with Crippen molar-refractivity contribution >= 4 is 0 Å². The Kier molecular flexibility index (Phi) is 7.23. The first-order chi connectivity index (χ1) is 8.11. The van der Waals surface area contributed by atoms with Crippen molar-refractivity contribution in [1.82, 2.24) is 0 Å². The number of hydrogen-bond donors (Lipinski definition) is 0. The number of hydrogen-bond acceptors (Lipinski definition) is 0. The maximum absolute atomic E-state index is 2.47. The van der Waals surface area contributed by atoms with Crippen molar-refractivity contribution in [2.75, 3.05) is 0 Å². The molecule has 0 aromatic heterocycles. The van der Waals surface area contributed by atoms with Crippen molar-refractivity contribution in [2.45, 2.75) is 85.5 Å². The molecule has 0 heterocycles. The van der Waals surface area contributed by atoms with E-state index in [4.69, 9.17) is 0 Å². The predicted octanol–water partition coefficient (Wildman–Crippen LogP) is 6.06. The van der Waals surface area contributed by atoms with Crippen molar-refractivity contribution in [3.63, 3.8) is 0 Å². The van der Waals surface area contributed by atoms with Gasteiger partial charge in [0.05, 0.1) is 0 Å². The van der Waals surface area contributed by atoms with Crippen LogP contribution >= 0.6 is 0 Å². The molecule has 17 heavy (non-hydrogen) atoms. The van der Waals surface area contributed by atoms with Gasteiger partial charge in [0.2, 0.25) is 0 Å². The normalized spacial score (nSPS) is 37.4. The van der Waals surface area contributed by atoms with Crippen LogP contribution in [0.15, 0.2) is 0 Å². The van der Waals surface area contributed by atoms with Crippen LogP contribution in [-0.2, 0) is 0 Å². The third-order valence-electron chi connectivity index (χ3n) is 4.79. The lowest BCUT2D eigenvalue weighted by Gasteiger charge is -2.19. The molecule has 0 radical (unpaired) electrons. The van der Waals surface area contributed by atoms with Crippen molar-refractivity contribution in [1.29, 1.82) is 0 Å². The molecule has 0 heteroatoms. The Labute approximate surface area is 110 Å². The summed E-state index contributed by atoms with van der Waals surface area (Å²) in [5.74, 6) is 3.90. The van der Waals surface area contributed by atoms with Gasteiger partial charge in [0.25, 0.3) is 0 Å². The molecule has 0 aromatic rings. The van der Waals surface area contributed by atoms with Gasteiger partial charge in [-0.3, -0.25) is 0 Å². The summed E-state index contributed by atoms with van der Waals surface area (Å²) in [6.45, 7) is 9.75. The molecule has 0 spiro atoms. The highest BCUT2D eigenvalue weighted by molar-refractivity contribution is 4.69. The molecule has 0 bridgehead atoms. The highest BCUT2D eigenvalue weighted by atomic mass is 14.2. The summed E-state index contributed by atoms with van der Waals surface area (Å²) in [5.41, 5.74) is 0. The van der Waals surface area contributed by atoms with Gasteiger partial charge in [-0.25, -0.2) is 0 Å². The highest BCUT2D eigenvalue weighted by Gasteiger charge is 2.17. The first-order valence-electron chi connectivity index (χ1n) is 8.11. The summed E-state index contributed by atoms with van der Waals surface area (Å²) in [7, 11) is 0. The zero-order valence-electron chi connectivity index (χ0n) is 12.7. The van der Waals surface area contributed by atoms with Crippen LogP contribution in [0.1, 0.15) is 85.5 Å². The van der Waals surface area contributed by atoms with Crippen molar-refractivity contribution in [2.24, 2.45) is 23.7 Å². The van der Waals surface area contributed by atoms with E-state index in [1.165, 1.54) is 57.8 Å². The third kappa shape index (κ3) is 6.48. The van der Waals surface area contributed by atoms with E-state index < -0.39 is 0 Å². The van der Waals surface area contributed by atoms with Crippen molar-refractivity contribution in [3.8, 4) is 0 Å². The van der Waals surface area contributed by atoms with Gasteiger partial charge in [-0.15, -0.1) is 0 Å². The van der Waals surface area contributed by atoms with Crippen LogP contribution < -0.4 is 0 Å². The smallest absolute Gasteiger partial charge is 0.0414 e. The van der Waals surface area contributed by atoms with E-state index in [1.54, 1.807) is 0 Å². The third-order valence-corrected chi connectivity index (χ3v) is 4.79. The van der Waals surface area contributed by atoms with E-state index in [9.17, 15) is 0 Å². The van der Waals surface area contributed by atoms with E-state index in [-0.39, 0.29) is 0 Å². The highest BCUT2D eigenvalue weighted by Crippen LogP contribution is 2.30. The Morgan fingerprint density at radius 3 is 1.76 bits per heavy atom. The summed E-state index contributed by atoms with van der Waals surface area (Å²) in [6.07, 6.45) is 13.2. The zero-order chi connectivity index (χ0) is 12.7. The van der Waals surface area contributed by atoms with E-state index in [0.29, 0.717) is 0 Å². The van der Waals surface area contributed by atoms with E-state index >= 15 is 0 Å². The van der Waals surface area contributed by atoms with E-state index in [0.717, 1.165) is 23.7 Å². The first-order valence-corrected chi connectivity index (χ1v) is 8.11. The van der Waals surface area contributed by atoms with E-state index in [2.05, 4.69) is 27.7 Å². The monoisotopic (exact) mass is 238 g/mol. The average Bonchev–Trinajstić information content (AvgIpc) is 2.31. The summed E-state index contributed by atoms with van der Waals surface area (Å²) < 4.78 is 0. The minimum atomic E-state index is 0.954. The van der Waals surface area contributed by atoms with Crippen molar-refractivity contribution < 1.29 is 0 Å². The van der Waals surface area contributed by atoms with Gasteiger partial charge >= 0.3 is 0 Å². The van der Waals surface area contributed by atoms with E-state index in [1.807, 2.05) is 0 Å². The molecule has 102 valence electrons. The molecule has 1 rings (SSSR count). The molecule has 4 unspecified atom stereocenters. The quantitative estimate of drug-likeness (QED) is 0.549. The van der Waals surface area contributed by atoms with Crippen LogP contribution in [0.3, 0.4) is 0 Å². The molecular weight excluding hydrogens is 204 g/mol. The van der Waals surface area contributed by atoms with Gasteiger partial charge in [-0.2, -0.15) is 0 Å². The van der Waals surface area contributed by atoms with Gasteiger partial charge in [-0.05, 0) is 30.1 Å². The minimum absolute atomic E-state index is 0.954. The maximum atomic E-state index is 2.47. The van der Waals surface area contributed by atoms with Gasteiger partial charge in [0.1, 0.15) is 0 Å². The Morgan fingerprint density at radius 2 is 1.18 bits per heavy atom. The lowest BCUT2D eigenvalue weighted by Crippen LogP contribution is -2.06. The molecule has 0 nitrogen and oxygen atoms in total. The zero-order valence-corrected chi connectivity index (χ0v) is 12.7. The molecule has 1 aliphatic rings. The SMILES string of the molecule is CCCC1CCC(C)CCC(C)CC(C)CC1. The Balaban J connectivity index is 2.48. The second-order valence-electron chi connectivity index (χ2n) is 6.94. The maximum Gasteiger partial charge on any atom is -0.0414 e. The Hall–Kier alpha value is 0. The number of rotatable bonds is 2. The van der Waals surface area contributed by atoms with Crippen LogP contribution in [0, 0.1) is 23.7 Å². The molecule has 0 aliphatic heterocycles. The topological polar surface area (TPSA) is 0 Å². The molecule has 0 aromatic carbocycles. The average molecular weight is 238 g/mol. The lowest BCUT2D eigenvalue weighted by molar-refractivity contribution is 0.331. The van der Waals surface area contributed by atoms with Crippen LogP contribution in [0.5, 0.6) is 0 Å². The second-order valence-corrected chi connectivity index (χ2v) is 6.94. The van der Waals surface area contributed by atoms with Gasteiger partial charge in [0, 0.05) is 0 Å². The fraction of sp³-hybridized carbons (Fsp3) is 1.00. The summed E-state index contributed by atoms with van der Waals surface area (Å²) in [4.78, 5) is 0. The fourth-order valence-corrected chi connectivity index (χ4v) is 3.52. The van der Waals surface area contributed by atoms with Gasteiger partial charge in [0.15, 0.2) is 0 Å². The molecule has 1 fully saturated rings. The standard InChI is InChI=1S/C17H34/c1-5-6-17-11-9-14(2)7-8-15(3)13-16(4)10-12-17/h14-17H,5-13H2,1-4H3. The summed E-state index contributed by atoms with van der Waals surface area (Å²) >= 11 is 0. The molecular formula is C17H34. The minimum Gasteiger partial charge on any atom is -0.0654 e. The summed E-state index contributed by atoms with van der Waals surface area (Å²) in [5, 5.41) is 0. The molecule has 0 N–H and O–H groups in total. The molecule has 1 saturated carbocycles. The predicted molar refractivity (Wildman–Crippen MR) is 78.2 cm³/mol. The molecule has 0 amide bonds. The largest absolute Gasteiger partial charge is 0.0654 e. The van der Waals surface area contributed by atoms with Crippen LogP contribution in [0.25, 0.3) is 0 Å². The van der Waals surface area contributed by atoms with Crippen LogP contribution in [0.4, 0.5) is 0 Å². The summed E-state index contributed by atoms with van der Waals surface area (Å²) in [6, 6.07) is 0. The molecule has 0 saturated heterocycles. The van der Waals surface area contributed by atoms with Crippen molar-refractivity contribution in [3.05, 3.63) is 0 Å². The fourth-order valence-electron chi connectivity index (χ4n) is 3.52. The Morgan fingerprint density at radius 1 is 0.706 bits per heavy atom. The first kappa shape index (κ1) is 15.1. The van der Waals surface area contributed by atoms with Gasteiger partial charge in [-0.1, -0.05) is 79.1 Å². The van der Waals surface area contributed by atoms with Gasteiger partial charge < -0.3 is 0 Å². The molecule has 1 aliphatic carbocycles. The van der Waals surface area contributed by atoms with Crippen LogP contribution in [-0.4, -0.2) is 0 Å². The van der Waals surface area contributed by atoms with Crippen LogP contribution in [0.2, 0.25) is 0 Å². The lowest BCUT2D eigenvalue weighted by atomic mass is 9.87. The second kappa shape index (κ2) is 8.16.